The van der Waals surface area contributed by atoms with Crippen LogP contribution in [0.5, 0.6) is 5.75 Å². The summed E-state index contributed by atoms with van der Waals surface area (Å²) in [6, 6.07) is 14.5. The first-order valence-corrected chi connectivity index (χ1v) is 8.58. The van der Waals surface area contributed by atoms with Crippen molar-refractivity contribution in [1.29, 1.82) is 0 Å². The van der Waals surface area contributed by atoms with Crippen molar-refractivity contribution in [2.24, 2.45) is 0 Å². The van der Waals surface area contributed by atoms with Crippen LogP contribution in [0.4, 0.5) is 0 Å². The highest BCUT2D eigenvalue weighted by atomic mass is 16.5. The molecule has 0 saturated carbocycles. The van der Waals surface area contributed by atoms with E-state index in [9.17, 15) is 4.79 Å². The molecule has 1 heterocycles. The first-order chi connectivity index (χ1) is 13.2. The number of hydrogen-bond donors (Lipinski definition) is 1. The summed E-state index contributed by atoms with van der Waals surface area (Å²) in [6.45, 7) is 1.12. The van der Waals surface area contributed by atoms with E-state index in [1.807, 2.05) is 30.3 Å². The van der Waals surface area contributed by atoms with Crippen LogP contribution >= 0.6 is 0 Å². The second-order valence-electron chi connectivity index (χ2n) is 5.77. The molecule has 0 aliphatic heterocycles. The first-order valence-electron chi connectivity index (χ1n) is 8.58. The lowest BCUT2D eigenvalue weighted by atomic mass is 10.1. The highest BCUT2D eigenvalue weighted by Gasteiger charge is 2.19. The van der Waals surface area contributed by atoms with Crippen molar-refractivity contribution in [3.8, 4) is 28.6 Å². The number of nitrogens with one attached hydrogen (secondary N) is 1. The molecule has 1 N–H and O–H groups in total. The average molecular weight is 367 g/mol. The van der Waals surface area contributed by atoms with E-state index in [1.165, 1.54) is 0 Å². The Morgan fingerprint density at radius 1 is 1.07 bits per heavy atom. The third kappa shape index (κ3) is 4.32. The molecule has 0 aliphatic rings. The summed E-state index contributed by atoms with van der Waals surface area (Å²) >= 11 is 0. The van der Waals surface area contributed by atoms with Gasteiger partial charge in [0.1, 0.15) is 5.75 Å². The number of benzene rings is 2. The molecule has 1 aromatic heterocycles. The Labute approximate surface area is 157 Å². The van der Waals surface area contributed by atoms with Crippen LogP contribution < -0.4 is 10.1 Å². The summed E-state index contributed by atoms with van der Waals surface area (Å²) in [7, 11) is 3.22. The minimum absolute atomic E-state index is 0.196. The van der Waals surface area contributed by atoms with Gasteiger partial charge in [0.25, 0.3) is 11.8 Å². The van der Waals surface area contributed by atoms with Crippen LogP contribution in [0.1, 0.15) is 16.8 Å². The maximum absolute atomic E-state index is 12.5. The van der Waals surface area contributed by atoms with E-state index >= 15 is 0 Å². The van der Waals surface area contributed by atoms with Crippen LogP contribution in [-0.4, -0.2) is 43.4 Å². The maximum Gasteiger partial charge on any atom is 0.259 e. The molecule has 0 spiro atoms. The molecule has 1 amide bonds. The van der Waals surface area contributed by atoms with Gasteiger partial charge in [-0.3, -0.25) is 4.79 Å². The third-order valence-electron chi connectivity index (χ3n) is 3.99. The molecule has 0 saturated heterocycles. The fourth-order valence-corrected chi connectivity index (χ4v) is 2.65. The maximum atomic E-state index is 12.5. The van der Waals surface area contributed by atoms with Crippen molar-refractivity contribution >= 4 is 5.91 Å². The Balaban J connectivity index is 1.86. The summed E-state index contributed by atoms with van der Waals surface area (Å²) in [5, 5.41) is 6.92. The normalized spacial score (nSPS) is 10.6. The van der Waals surface area contributed by atoms with Gasteiger partial charge in [-0.15, -0.1) is 0 Å². The van der Waals surface area contributed by atoms with Crippen LogP contribution in [0.3, 0.4) is 0 Å². The van der Waals surface area contributed by atoms with Gasteiger partial charge in [0.2, 0.25) is 5.82 Å². The highest BCUT2D eigenvalue weighted by Crippen LogP contribution is 2.30. The standard InChI is InChI=1S/C20H21N3O4/c1-25-13-7-12-21-19(24)14-8-3-4-9-15(14)20-22-18(23-27-20)16-10-5-6-11-17(16)26-2/h3-6,8-11H,7,12-13H2,1-2H3,(H,21,24). The molecule has 0 unspecified atom stereocenters. The quantitative estimate of drug-likeness (QED) is 0.616. The Hall–Kier alpha value is -3.19. The van der Waals surface area contributed by atoms with E-state index in [0.717, 1.165) is 12.0 Å². The molecule has 0 bridgehead atoms. The molecule has 3 aromatic rings. The molecule has 3 rings (SSSR count). The van der Waals surface area contributed by atoms with Crippen molar-refractivity contribution in [3.63, 3.8) is 0 Å². The topological polar surface area (TPSA) is 86.5 Å². The van der Waals surface area contributed by atoms with Crippen molar-refractivity contribution in [1.82, 2.24) is 15.5 Å². The number of nitrogens with zero attached hydrogens (tertiary/aromatic N) is 2. The molecule has 0 fully saturated rings. The van der Waals surface area contributed by atoms with Crippen molar-refractivity contribution in [2.75, 3.05) is 27.4 Å². The van der Waals surface area contributed by atoms with Gasteiger partial charge in [0.05, 0.1) is 23.8 Å². The molecule has 0 atom stereocenters. The second-order valence-corrected chi connectivity index (χ2v) is 5.77. The minimum Gasteiger partial charge on any atom is -0.496 e. The number of aromatic nitrogens is 2. The van der Waals surface area contributed by atoms with Crippen molar-refractivity contribution in [3.05, 3.63) is 54.1 Å². The van der Waals surface area contributed by atoms with E-state index in [4.69, 9.17) is 14.0 Å². The van der Waals surface area contributed by atoms with Crippen molar-refractivity contribution < 1.29 is 18.8 Å². The molecule has 0 aliphatic carbocycles. The van der Waals surface area contributed by atoms with Gasteiger partial charge in [-0.1, -0.05) is 29.4 Å². The van der Waals surface area contributed by atoms with Gasteiger partial charge in [-0.25, -0.2) is 0 Å². The highest BCUT2D eigenvalue weighted by molar-refractivity contribution is 6.00. The lowest BCUT2D eigenvalue weighted by molar-refractivity contribution is 0.0949. The van der Waals surface area contributed by atoms with Gasteiger partial charge in [0, 0.05) is 20.3 Å². The van der Waals surface area contributed by atoms with E-state index < -0.39 is 0 Å². The molecule has 2 aromatic carbocycles. The van der Waals surface area contributed by atoms with E-state index in [1.54, 1.807) is 32.4 Å². The summed E-state index contributed by atoms with van der Waals surface area (Å²) in [5.41, 5.74) is 1.78. The lowest BCUT2D eigenvalue weighted by Gasteiger charge is -2.07. The largest absolute Gasteiger partial charge is 0.496 e. The number of rotatable bonds is 8. The van der Waals surface area contributed by atoms with E-state index in [2.05, 4.69) is 15.5 Å². The molecule has 7 nitrogen and oxygen atoms in total. The molecule has 140 valence electrons. The second kappa shape index (κ2) is 8.95. The van der Waals surface area contributed by atoms with Crippen LogP contribution in [-0.2, 0) is 4.74 Å². The molecule has 0 radical (unpaired) electrons. The predicted octanol–water partition coefficient (Wildman–Crippen LogP) is 3.18. The zero-order valence-electron chi connectivity index (χ0n) is 15.3. The Morgan fingerprint density at radius 3 is 2.59 bits per heavy atom. The Bertz CT molecular complexity index is 908. The number of ether oxygens (including phenoxy) is 2. The number of hydrogen-bond acceptors (Lipinski definition) is 6. The summed E-state index contributed by atoms with van der Waals surface area (Å²) in [5.74, 6) is 1.13. The number of amides is 1. The zero-order valence-corrected chi connectivity index (χ0v) is 15.3. The number of methoxy groups -OCH3 is 2. The number of carbonyl (C=O) groups excluding carboxylic acids is 1. The molecule has 27 heavy (non-hydrogen) atoms. The van der Waals surface area contributed by atoms with Crippen LogP contribution in [0.15, 0.2) is 53.1 Å². The van der Waals surface area contributed by atoms with Gasteiger partial charge < -0.3 is 19.3 Å². The van der Waals surface area contributed by atoms with Gasteiger partial charge in [-0.05, 0) is 30.7 Å². The fourth-order valence-electron chi connectivity index (χ4n) is 2.65. The fraction of sp³-hybridized carbons (Fsp3) is 0.250. The first kappa shape index (κ1) is 18.6. The van der Waals surface area contributed by atoms with Crippen LogP contribution in [0, 0.1) is 0 Å². The van der Waals surface area contributed by atoms with Gasteiger partial charge in [-0.2, -0.15) is 4.98 Å². The Kier molecular flexibility index (Phi) is 6.17. The summed E-state index contributed by atoms with van der Waals surface area (Å²) in [6.07, 6.45) is 0.739. The van der Waals surface area contributed by atoms with Gasteiger partial charge >= 0.3 is 0 Å². The van der Waals surface area contributed by atoms with E-state index in [-0.39, 0.29) is 11.8 Å². The smallest absolute Gasteiger partial charge is 0.259 e. The zero-order chi connectivity index (χ0) is 19.1. The lowest BCUT2D eigenvalue weighted by Crippen LogP contribution is -2.25. The predicted molar refractivity (Wildman–Crippen MR) is 101 cm³/mol. The molecular formula is C20H21N3O4. The monoisotopic (exact) mass is 367 g/mol. The minimum atomic E-state index is -0.196. The van der Waals surface area contributed by atoms with Crippen LogP contribution in [0.2, 0.25) is 0 Å². The molecular weight excluding hydrogens is 346 g/mol. The van der Waals surface area contributed by atoms with Crippen molar-refractivity contribution in [2.45, 2.75) is 6.42 Å². The van der Waals surface area contributed by atoms with Gasteiger partial charge in [0.15, 0.2) is 0 Å². The number of para-hydroxylation sites is 1. The SMILES string of the molecule is COCCCNC(=O)c1ccccc1-c1nc(-c2ccccc2OC)no1. The van der Waals surface area contributed by atoms with E-state index in [0.29, 0.717) is 35.9 Å². The Morgan fingerprint density at radius 2 is 1.81 bits per heavy atom. The van der Waals surface area contributed by atoms with Crippen LogP contribution in [0.25, 0.3) is 22.8 Å². The summed E-state index contributed by atoms with van der Waals surface area (Å²) in [4.78, 5) is 17.0. The summed E-state index contributed by atoms with van der Waals surface area (Å²) < 4.78 is 15.8. The average Bonchev–Trinajstić information content (AvgIpc) is 3.21. The molecule has 7 heteroatoms. The third-order valence-corrected chi connectivity index (χ3v) is 3.99. The number of carbonyl (C=O) groups is 1.